The molecule has 1 N–H and O–H groups in total. The summed E-state index contributed by atoms with van der Waals surface area (Å²) in [6.45, 7) is 7.30. The van der Waals surface area contributed by atoms with Crippen molar-refractivity contribution in [3.05, 3.63) is 34.3 Å². The van der Waals surface area contributed by atoms with Crippen LogP contribution in [0.25, 0.3) is 0 Å². The maximum atomic E-state index is 3.78. The maximum absolute atomic E-state index is 3.78. The van der Waals surface area contributed by atoms with E-state index in [2.05, 4.69) is 57.3 Å². The molecule has 1 aliphatic carbocycles. The number of nitrogens with zero attached hydrogens (tertiary/aromatic N) is 1. The number of nitrogens with one attached hydrogen (secondary N) is 1. The van der Waals surface area contributed by atoms with Crippen LogP contribution in [0.5, 0.6) is 0 Å². The lowest BCUT2D eigenvalue weighted by molar-refractivity contribution is 0.271. The highest BCUT2D eigenvalue weighted by atomic mass is 79.9. The van der Waals surface area contributed by atoms with Crippen molar-refractivity contribution in [1.29, 1.82) is 0 Å². The summed E-state index contributed by atoms with van der Waals surface area (Å²) in [5.74, 6) is 1.65. The third kappa shape index (κ3) is 3.44. The molecular weight excluding hydrogens is 312 g/mol. The van der Waals surface area contributed by atoms with E-state index in [1.165, 1.54) is 55.5 Å². The molecule has 0 spiro atoms. The predicted octanol–water partition coefficient (Wildman–Crippen LogP) is 3.63. The van der Waals surface area contributed by atoms with Gasteiger partial charge in [0.05, 0.1) is 0 Å². The van der Waals surface area contributed by atoms with Gasteiger partial charge in [0.25, 0.3) is 0 Å². The molecule has 1 saturated carbocycles. The molecule has 1 atom stereocenters. The summed E-state index contributed by atoms with van der Waals surface area (Å²) in [5.41, 5.74) is 1.50. The van der Waals surface area contributed by atoms with Crippen LogP contribution in [-0.2, 0) is 0 Å². The normalized spacial score (nSPS) is 30.4. The molecule has 0 radical (unpaired) electrons. The minimum Gasteiger partial charge on any atom is -0.314 e. The van der Waals surface area contributed by atoms with Gasteiger partial charge >= 0.3 is 0 Å². The fourth-order valence-electron chi connectivity index (χ4n) is 3.49. The van der Waals surface area contributed by atoms with Gasteiger partial charge in [0.15, 0.2) is 0 Å². The molecule has 1 aromatic carbocycles. The van der Waals surface area contributed by atoms with Gasteiger partial charge in [-0.3, -0.25) is 0 Å². The molecule has 1 saturated heterocycles. The van der Waals surface area contributed by atoms with Gasteiger partial charge in [-0.05, 0) is 68.4 Å². The van der Waals surface area contributed by atoms with Gasteiger partial charge in [-0.1, -0.05) is 35.0 Å². The van der Waals surface area contributed by atoms with Crippen molar-refractivity contribution in [2.45, 2.75) is 38.1 Å². The number of halogens is 1. The van der Waals surface area contributed by atoms with E-state index in [1.54, 1.807) is 0 Å². The lowest BCUT2D eigenvalue weighted by atomic mass is 9.76. The SMILES string of the molecule is CCN1CCC(CNC2CC(c3ccc(Br)cc3)C2)C1. The maximum Gasteiger partial charge on any atom is 0.0175 e. The molecule has 1 heterocycles. The van der Waals surface area contributed by atoms with Crippen LogP contribution in [0.1, 0.15) is 37.7 Å². The molecule has 1 aromatic rings. The van der Waals surface area contributed by atoms with E-state index in [1.807, 2.05) is 0 Å². The first-order chi connectivity index (χ1) is 9.74. The topological polar surface area (TPSA) is 15.3 Å². The summed E-state index contributed by atoms with van der Waals surface area (Å²) in [7, 11) is 0. The van der Waals surface area contributed by atoms with Gasteiger partial charge in [-0.15, -0.1) is 0 Å². The molecule has 1 unspecified atom stereocenters. The Balaban J connectivity index is 1.37. The van der Waals surface area contributed by atoms with Crippen LogP contribution < -0.4 is 5.32 Å². The fraction of sp³-hybridized carbons (Fsp3) is 0.647. The highest BCUT2D eigenvalue weighted by Gasteiger charge is 2.31. The van der Waals surface area contributed by atoms with E-state index in [4.69, 9.17) is 0 Å². The molecule has 2 aliphatic rings. The Hall–Kier alpha value is -0.380. The molecule has 0 aromatic heterocycles. The van der Waals surface area contributed by atoms with Crippen molar-refractivity contribution >= 4 is 15.9 Å². The second kappa shape index (κ2) is 6.59. The van der Waals surface area contributed by atoms with E-state index >= 15 is 0 Å². The van der Waals surface area contributed by atoms with Gasteiger partial charge in [0.1, 0.15) is 0 Å². The Labute approximate surface area is 131 Å². The van der Waals surface area contributed by atoms with Crippen molar-refractivity contribution in [2.24, 2.45) is 5.92 Å². The summed E-state index contributed by atoms with van der Waals surface area (Å²) in [4.78, 5) is 2.57. The summed E-state index contributed by atoms with van der Waals surface area (Å²) >= 11 is 3.50. The Morgan fingerprint density at radius 1 is 1.25 bits per heavy atom. The zero-order chi connectivity index (χ0) is 13.9. The van der Waals surface area contributed by atoms with E-state index in [-0.39, 0.29) is 0 Å². The highest BCUT2D eigenvalue weighted by molar-refractivity contribution is 9.10. The standard InChI is InChI=1S/C17H25BrN2/c1-2-20-8-7-13(12-20)11-19-17-9-15(10-17)14-3-5-16(18)6-4-14/h3-6,13,15,17,19H,2,7-12H2,1H3. The molecule has 1 aliphatic heterocycles. The van der Waals surface area contributed by atoms with E-state index in [0.29, 0.717) is 0 Å². The van der Waals surface area contributed by atoms with Crippen molar-refractivity contribution in [1.82, 2.24) is 10.2 Å². The van der Waals surface area contributed by atoms with E-state index in [0.717, 1.165) is 17.9 Å². The first kappa shape index (κ1) is 14.6. The van der Waals surface area contributed by atoms with Crippen molar-refractivity contribution in [3.8, 4) is 0 Å². The van der Waals surface area contributed by atoms with Crippen LogP contribution >= 0.6 is 15.9 Å². The van der Waals surface area contributed by atoms with E-state index < -0.39 is 0 Å². The lowest BCUT2D eigenvalue weighted by Gasteiger charge is -2.37. The number of rotatable bonds is 5. The zero-order valence-electron chi connectivity index (χ0n) is 12.3. The molecule has 20 heavy (non-hydrogen) atoms. The summed E-state index contributed by atoms with van der Waals surface area (Å²) < 4.78 is 1.18. The second-order valence-electron chi connectivity index (χ2n) is 6.37. The number of benzene rings is 1. The van der Waals surface area contributed by atoms with Crippen LogP contribution in [-0.4, -0.2) is 37.1 Å². The Bertz CT molecular complexity index is 425. The molecule has 2 nitrogen and oxygen atoms in total. The molecular formula is C17H25BrN2. The third-order valence-electron chi connectivity index (χ3n) is 4.99. The fourth-order valence-corrected chi connectivity index (χ4v) is 3.76. The lowest BCUT2D eigenvalue weighted by Crippen LogP contribution is -2.42. The Morgan fingerprint density at radius 2 is 2.00 bits per heavy atom. The quantitative estimate of drug-likeness (QED) is 0.883. The number of likely N-dealkylation sites (tertiary alicyclic amines) is 1. The molecule has 2 fully saturated rings. The van der Waals surface area contributed by atoms with Crippen LogP contribution in [0.3, 0.4) is 0 Å². The first-order valence-electron chi connectivity index (χ1n) is 7.95. The minimum atomic E-state index is 0.749. The zero-order valence-corrected chi connectivity index (χ0v) is 13.9. The van der Waals surface area contributed by atoms with Gasteiger partial charge in [-0.25, -0.2) is 0 Å². The molecule has 3 rings (SSSR count). The number of hydrogen-bond acceptors (Lipinski definition) is 2. The minimum absolute atomic E-state index is 0.749. The largest absolute Gasteiger partial charge is 0.314 e. The molecule has 0 amide bonds. The van der Waals surface area contributed by atoms with E-state index in [9.17, 15) is 0 Å². The summed E-state index contributed by atoms with van der Waals surface area (Å²) in [5, 5.41) is 3.78. The first-order valence-corrected chi connectivity index (χ1v) is 8.75. The van der Waals surface area contributed by atoms with Gasteiger partial charge in [0.2, 0.25) is 0 Å². The monoisotopic (exact) mass is 336 g/mol. The Morgan fingerprint density at radius 3 is 2.65 bits per heavy atom. The van der Waals surface area contributed by atoms with Crippen LogP contribution in [0.15, 0.2) is 28.7 Å². The third-order valence-corrected chi connectivity index (χ3v) is 5.52. The molecule has 110 valence electrons. The predicted molar refractivity (Wildman–Crippen MR) is 88.1 cm³/mol. The Kier molecular flexibility index (Phi) is 4.79. The van der Waals surface area contributed by atoms with Gasteiger partial charge in [0, 0.05) is 17.1 Å². The highest BCUT2D eigenvalue weighted by Crippen LogP contribution is 2.37. The summed E-state index contributed by atoms with van der Waals surface area (Å²) in [6.07, 6.45) is 4.00. The van der Waals surface area contributed by atoms with Gasteiger partial charge < -0.3 is 10.2 Å². The van der Waals surface area contributed by atoms with Gasteiger partial charge in [-0.2, -0.15) is 0 Å². The average Bonchev–Trinajstić information content (AvgIpc) is 2.87. The van der Waals surface area contributed by atoms with Crippen LogP contribution in [0.4, 0.5) is 0 Å². The van der Waals surface area contributed by atoms with Crippen molar-refractivity contribution in [2.75, 3.05) is 26.2 Å². The molecule has 0 bridgehead atoms. The smallest absolute Gasteiger partial charge is 0.0175 e. The summed E-state index contributed by atoms with van der Waals surface area (Å²) in [6, 6.07) is 9.60. The van der Waals surface area contributed by atoms with Crippen LogP contribution in [0, 0.1) is 5.92 Å². The second-order valence-corrected chi connectivity index (χ2v) is 7.29. The van der Waals surface area contributed by atoms with Crippen molar-refractivity contribution in [3.63, 3.8) is 0 Å². The molecule has 3 heteroatoms. The van der Waals surface area contributed by atoms with Crippen LogP contribution in [0.2, 0.25) is 0 Å². The number of hydrogen-bond donors (Lipinski definition) is 1. The van der Waals surface area contributed by atoms with Crippen molar-refractivity contribution < 1.29 is 0 Å². The average molecular weight is 337 g/mol.